The van der Waals surface area contributed by atoms with Gasteiger partial charge in [0.05, 0.1) is 18.2 Å². The van der Waals surface area contributed by atoms with Crippen molar-refractivity contribution in [3.8, 4) is 17.0 Å². The zero-order chi connectivity index (χ0) is 33.5. The first-order valence-electron chi connectivity index (χ1n) is 17.7. The zero-order valence-electron chi connectivity index (χ0n) is 28.5. The van der Waals surface area contributed by atoms with Crippen LogP contribution in [0.15, 0.2) is 36.4 Å². The molecule has 5 aliphatic rings. The number of benzene rings is 2. The van der Waals surface area contributed by atoms with Gasteiger partial charge in [-0.25, -0.2) is 4.72 Å². The van der Waals surface area contributed by atoms with Gasteiger partial charge in [0.25, 0.3) is 5.91 Å². The molecule has 4 atom stereocenters. The highest BCUT2D eigenvalue weighted by molar-refractivity contribution is 7.87. The van der Waals surface area contributed by atoms with Crippen molar-refractivity contribution < 1.29 is 22.7 Å². The van der Waals surface area contributed by atoms with Crippen LogP contribution >= 0.6 is 0 Å². The maximum atomic E-state index is 15.0. The van der Waals surface area contributed by atoms with Gasteiger partial charge in [-0.1, -0.05) is 25.3 Å². The van der Waals surface area contributed by atoms with Crippen molar-refractivity contribution in [2.45, 2.75) is 88.8 Å². The average Bonchev–Trinajstić information content (AvgIpc) is 3.48. The molecule has 1 aromatic heterocycles. The SMILES string of the molecule is COc1ccc2c(c1)C1CC1(C(=O)N1CCN3CCCC3C1C)Cn1c-2c(C2CCCCC2)c2ccc(C(=O)NS(=O)(=O)N(C)C)cc21. The summed E-state index contributed by atoms with van der Waals surface area (Å²) < 4.78 is 36.5. The second kappa shape index (κ2) is 11.6. The Labute approximate surface area is 283 Å². The predicted molar refractivity (Wildman–Crippen MR) is 185 cm³/mol. The first kappa shape index (κ1) is 31.8. The zero-order valence-corrected chi connectivity index (χ0v) is 29.3. The van der Waals surface area contributed by atoms with E-state index in [2.05, 4.69) is 38.1 Å². The van der Waals surface area contributed by atoms with Crippen molar-refractivity contribution in [3.63, 3.8) is 0 Å². The summed E-state index contributed by atoms with van der Waals surface area (Å²) in [5, 5.41) is 1.08. The Kier molecular flexibility index (Phi) is 7.69. The number of ether oxygens (including phenoxy) is 1. The van der Waals surface area contributed by atoms with Crippen LogP contribution in [0, 0.1) is 5.41 Å². The van der Waals surface area contributed by atoms with Gasteiger partial charge in [0, 0.05) is 73.8 Å². The van der Waals surface area contributed by atoms with Gasteiger partial charge in [-0.3, -0.25) is 14.5 Å². The van der Waals surface area contributed by atoms with Gasteiger partial charge in [-0.15, -0.1) is 0 Å². The Balaban J connectivity index is 1.30. The summed E-state index contributed by atoms with van der Waals surface area (Å²) in [6, 6.07) is 12.5. The number of nitrogens with zero attached hydrogens (tertiary/aromatic N) is 4. The third-order valence-corrected chi connectivity index (χ3v) is 13.7. The first-order valence-corrected chi connectivity index (χ1v) is 19.1. The molecule has 2 saturated heterocycles. The monoisotopic (exact) mass is 673 g/mol. The van der Waals surface area contributed by atoms with E-state index >= 15 is 4.79 Å². The number of nitrogens with one attached hydrogen (secondary N) is 1. The molecule has 11 heteroatoms. The minimum absolute atomic E-state index is 0.0646. The van der Waals surface area contributed by atoms with E-state index in [1.807, 2.05) is 18.2 Å². The molecule has 3 aliphatic heterocycles. The van der Waals surface area contributed by atoms with E-state index in [0.29, 0.717) is 18.5 Å². The second-order valence-corrected chi connectivity index (χ2v) is 16.9. The summed E-state index contributed by atoms with van der Waals surface area (Å²) >= 11 is 0. The van der Waals surface area contributed by atoms with Gasteiger partial charge >= 0.3 is 10.2 Å². The smallest absolute Gasteiger partial charge is 0.303 e. The molecule has 2 aromatic carbocycles. The number of rotatable bonds is 6. The number of aromatic nitrogens is 1. The van der Waals surface area contributed by atoms with Crippen LogP contribution in [-0.4, -0.2) is 91.8 Å². The van der Waals surface area contributed by atoms with E-state index < -0.39 is 21.5 Å². The van der Waals surface area contributed by atoms with E-state index in [4.69, 9.17) is 4.74 Å². The number of amides is 2. The minimum atomic E-state index is -3.97. The average molecular weight is 674 g/mol. The Bertz CT molecular complexity index is 1910. The Morgan fingerprint density at radius 3 is 2.52 bits per heavy atom. The van der Waals surface area contributed by atoms with Crippen LogP contribution in [0.3, 0.4) is 0 Å². The lowest BCUT2D eigenvalue weighted by Crippen LogP contribution is -2.59. The van der Waals surface area contributed by atoms with Crippen molar-refractivity contribution in [1.29, 1.82) is 0 Å². The highest BCUT2D eigenvalue weighted by atomic mass is 32.2. The maximum absolute atomic E-state index is 15.0. The molecule has 1 N–H and O–H groups in total. The molecule has 10 nitrogen and oxygen atoms in total. The quantitative estimate of drug-likeness (QED) is 0.392. The van der Waals surface area contributed by atoms with E-state index in [1.165, 1.54) is 50.9 Å². The molecule has 0 radical (unpaired) electrons. The van der Waals surface area contributed by atoms with E-state index in [1.54, 1.807) is 13.2 Å². The third kappa shape index (κ3) is 4.90. The topological polar surface area (TPSA) is 104 Å². The molecule has 4 fully saturated rings. The molecule has 2 aliphatic carbocycles. The van der Waals surface area contributed by atoms with Crippen molar-refractivity contribution in [2.75, 3.05) is 40.8 Å². The lowest BCUT2D eigenvalue weighted by Gasteiger charge is -2.44. The van der Waals surface area contributed by atoms with E-state index in [-0.39, 0.29) is 23.4 Å². The van der Waals surface area contributed by atoms with Gasteiger partial charge in [-0.05, 0) is 92.9 Å². The predicted octanol–water partition coefficient (Wildman–Crippen LogP) is 5.08. The molecular weight excluding hydrogens is 627 g/mol. The molecule has 0 bridgehead atoms. The van der Waals surface area contributed by atoms with Gasteiger partial charge < -0.3 is 14.2 Å². The standard InChI is InChI=1S/C37H47N5O5S/c1-23-31-11-8-16-40(31)17-18-41(23)36(44)37-21-30(37)29-20-26(47-4)13-15-27(29)34-33(24-9-6-5-7-10-24)28-14-12-25(19-32(28)42(34)22-37)35(43)38-48(45,46)39(2)3/h12-15,19-20,23-24,30-31H,5-11,16-18,21-22H2,1-4H3,(H,38,43). The Morgan fingerprint density at radius 2 is 1.77 bits per heavy atom. The summed E-state index contributed by atoms with van der Waals surface area (Å²) in [6.07, 6.45) is 8.85. The molecule has 8 rings (SSSR count). The number of methoxy groups -OCH3 is 1. The van der Waals surface area contributed by atoms with E-state index in [0.717, 1.165) is 77.5 Å². The number of hydrogen-bond acceptors (Lipinski definition) is 6. The van der Waals surface area contributed by atoms with Gasteiger partial charge in [0.1, 0.15) is 5.75 Å². The largest absolute Gasteiger partial charge is 0.497 e. The normalized spacial score (nSPS) is 27.2. The number of hydrogen-bond donors (Lipinski definition) is 1. The van der Waals surface area contributed by atoms with Crippen LogP contribution < -0.4 is 9.46 Å². The van der Waals surface area contributed by atoms with Gasteiger partial charge in [-0.2, -0.15) is 12.7 Å². The lowest BCUT2D eigenvalue weighted by atomic mass is 9.81. The highest BCUT2D eigenvalue weighted by Gasteiger charge is 2.64. The van der Waals surface area contributed by atoms with Crippen molar-refractivity contribution in [2.24, 2.45) is 5.41 Å². The van der Waals surface area contributed by atoms with Crippen LogP contribution in [0.2, 0.25) is 0 Å². The summed E-state index contributed by atoms with van der Waals surface area (Å²) in [7, 11) is 0.515. The van der Waals surface area contributed by atoms with Crippen molar-refractivity contribution in [1.82, 2.24) is 23.4 Å². The lowest BCUT2D eigenvalue weighted by molar-refractivity contribution is -0.143. The second-order valence-electron chi connectivity index (χ2n) is 15.0. The van der Waals surface area contributed by atoms with Crippen LogP contribution in [0.4, 0.5) is 0 Å². The molecule has 256 valence electrons. The molecule has 48 heavy (non-hydrogen) atoms. The van der Waals surface area contributed by atoms with Gasteiger partial charge in [0.15, 0.2) is 0 Å². The number of piperazine rings is 1. The van der Waals surface area contributed by atoms with Crippen LogP contribution in [-0.2, 0) is 21.5 Å². The summed E-state index contributed by atoms with van der Waals surface area (Å²) in [6.45, 7) is 5.53. The Morgan fingerprint density at radius 1 is 0.979 bits per heavy atom. The van der Waals surface area contributed by atoms with E-state index in [9.17, 15) is 13.2 Å². The maximum Gasteiger partial charge on any atom is 0.303 e. The minimum Gasteiger partial charge on any atom is -0.497 e. The van der Waals surface area contributed by atoms with Crippen molar-refractivity contribution in [3.05, 3.63) is 53.1 Å². The molecule has 4 heterocycles. The molecule has 0 spiro atoms. The number of carbonyl (C=O) groups is 2. The fraction of sp³-hybridized carbons (Fsp3) is 0.568. The highest BCUT2D eigenvalue weighted by Crippen LogP contribution is 2.66. The van der Waals surface area contributed by atoms with Crippen LogP contribution in [0.5, 0.6) is 5.75 Å². The fourth-order valence-electron chi connectivity index (χ4n) is 9.59. The first-order chi connectivity index (χ1) is 23.0. The molecular formula is C37H47N5O5S. The molecule has 2 saturated carbocycles. The van der Waals surface area contributed by atoms with Crippen molar-refractivity contribution >= 4 is 32.9 Å². The summed E-state index contributed by atoms with van der Waals surface area (Å²) in [5.74, 6) is 0.782. The Hall–Kier alpha value is -3.41. The molecule has 2 amide bonds. The summed E-state index contributed by atoms with van der Waals surface area (Å²) in [5.41, 5.74) is 5.30. The third-order valence-electron chi connectivity index (χ3n) is 12.3. The molecule has 3 aromatic rings. The molecule has 4 unspecified atom stereocenters. The summed E-state index contributed by atoms with van der Waals surface area (Å²) in [4.78, 5) is 33.1. The van der Waals surface area contributed by atoms with Crippen LogP contribution in [0.1, 0.15) is 91.6 Å². The number of carbonyl (C=O) groups excluding carboxylic acids is 2. The fourth-order valence-corrected chi connectivity index (χ4v) is 10.1. The van der Waals surface area contributed by atoms with Crippen LogP contribution in [0.25, 0.3) is 22.2 Å². The van der Waals surface area contributed by atoms with Gasteiger partial charge in [0.2, 0.25) is 5.91 Å². The number of fused-ring (bicyclic) bond motifs is 8.